The maximum absolute atomic E-state index is 11.6. The summed E-state index contributed by atoms with van der Waals surface area (Å²) in [5, 5.41) is 3.21. The molecule has 0 heterocycles. The number of methoxy groups -OCH3 is 1. The minimum Gasteiger partial charge on any atom is -0.468 e. The topological polar surface area (TPSA) is 44.8 Å². The monoisotopic (exact) mass is 245 g/mol. The molecular weight excluding hydrogens is 218 g/mol. The molecule has 0 aliphatic carbocycles. The average molecular weight is 245 g/mol. The van der Waals surface area contributed by atoms with Crippen molar-refractivity contribution in [2.24, 2.45) is 0 Å². The number of likely N-dealkylation sites (N-methyl/N-ethyl adjacent to an activating group) is 2. The lowest BCUT2D eigenvalue weighted by atomic mass is 10.2. The van der Waals surface area contributed by atoms with Crippen LogP contribution < -0.4 is 5.32 Å². The van der Waals surface area contributed by atoms with Crippen LogP contribution in [0.2, 0.25) is 0 Å². The van der Waals surface area contributed by atoms with Gasteiger partial charge in [0.15, 0.2) is 0 Å². The molecule has 5 heteroatoms. The van der Waals surface area contributed by atoms with E-state index in [1.807, 2.05) is 21.1 Å². The van der Waals surface area contributed by atoms with Crippen LogP contribution in [0.1, 0.15) is 13.3 Å². The van der Waals surface area contributed by atoms with Crippen molar-refractivity contribution in [3.05, 3.63) is 0 Å². The highest BCUT2D eigenvalue weighted by Crippen LogP contribution is 1.94. The predicted octanol–water partition coefficient (Wildman–Crippen LogP) is 0.0210. The Labute approximate surface area is 105 Å². The molecule has 0 radical (unpaired) electrons. The predicted molar refractivity (Wildman–Crippen MR) is 70.1 cm³/mol. The zero-order valence-electron chi connectivity index (χ0n) is 11.8. The van der Waals surface area contributed by atoms with E-state index in [0.717, 1.165) is 26.1 Å². The standard InChI is InChI=1S/C12H27N3O2/c1-6-7-13-11(12(16)17-5)10-15(4)9-8-14(2)3/h11,13H,6-10H2,1-5H3. The van der Waals surface area contributed by atoms with Crippen molar-refractivity contribution < 1.29 is 9.53 Å². The van der Waals surface area contributed by atoms with Gasteiger partial charge in [-0.3, -0.25) is 4.79 Å². The molecule has 1 N–H and O–H groups in total. The van der Waals surface area contributed by atoms with Crippen LogP contribution in [0.4, 0.5) is 0 Å². The number of rotatable bonds is 9. The minimum atomic E-state index is -0.230. The van der Waals surface area contributed by atoms with Gasteiger partial charge in [0.05, 0.1) is 7.11 Å². The summed E-state index contributed by atoms with van der Waals surface area (Å²) in [6.45, 7) is 5.52. The minimum absolute atomic E-state index is 0.185. The van der Waals surface area contributed by atoms with E-state index in [4.69, 9.17) is 4.74 Å². The Morgan fingerprint density at radius 3 is 2.41 bits per heavy atom. The van der Waals surface area contributed by atoms with Crippen LogP contribution in [0, 0.1) is 0 Å². The number of nitrogens with zero attached hydrogens (tertiary/aromatic N) is 2. The quantitative estimate of drug-likeness (QED) is 0.580. The van der Waals surface area contributed by atoms with Crippen molar-refractivity contribution in [1.29, 1.82) is 0 Å². The number of esters is 1. The summed E-state index contributed by atoms with van der Waals surface area (Å²) in [7, 11) is 7.54. The van der Waals surface area contributed by atoms with E-state index < -0.39 is 0 Å². The van der Waals surface area contributed by atoms with Crippen molar-refractivity contribution in [3.63, 3.8) is 0 Å². The van der Waals surface area contributed by atoms with Crippen LogP contribution in [0.25, 0.3) is 0 Å². The van der Waals surface area contributed by atoms with Gasteiger partial charge in [-0.1, -0.05) is 6.92 Å². The molecule has 0 saturated carbocycles. The summed E-state index contributed by atoms with van der Waals surface area (Å²) in [6, 6.07) is -0.230. The molecule has 0 aliphatic heterocycles. The van der Waals surface area contributed by atoms with E-state index in [2.05, 4.69) is 22.0 Å². The van der Waals surface area contributed by atoms with Gasteiger partial charge in [0.2, 0.25) is 0 Å². The van der Waals surface area contributed by atoms with Crippen LogP contribution >= 0.6 is 0 Å². The maximum Gasteiger partial charge on any atom is 0.324 e. The van der Waals surface area contributed by atoms with Gasteiger partial charge in [0.1, 0.15) is 6.04 Å². The lowest BCUT2D eigenvalue weighted by molar-refractivity contribution is -0.143. The summed E-state index contributed by atoms with van der Waals surface area (Å²) in [4.78, 5) is 15.8. The first-order valence-corrected chi connectivity index (χ1v) is 6.15. The van der Waals surface area contributed by atoms with Crippen LogP contribution in [0.5, 0.6) is 0 Å². The van der Waals surface area contributed by atoms with Crippen LogP contribution in [-0.4, -0.2) is 76.2 Å². The number of carbonyl (C=O) groups excluding carboxylic acids is 1. The Hall–Kier alpha value is -0.650. The molecule has 0 aromatic heterocycles. The lowest BCUT2D eigenvalue weighted by Gasteiger charge is -2.24. The van der Waals surface area contributed by atoms with E-state index in [1.165, 1.54) is 7.11 Å². The lowest BCUT2D eigenvalue weighted by Crippen LogP contribution is -2.47. The van der Waals surface area contributed by atoms with Gasteiger partial charge in [0.25, 0.3) is 0 Å². The SMILES string of the molecule is CCCNC(CN(C)CCN(C)C)C(=O)OC. The normalized spacial score (nSPS) is 13.1. The molecule has 102 valence electrons. The van der Waals surface area contributed by atoms with Gasteiger partial charge in [-0.05, 0) is 34.1 Å². The molecule has 1 atom stereocenters. The Morgan fingerprint density at radius 1 is 1.29 bits per heavy atom. The molecule has 5 nitrogen and oxygen atoms in total. The fourth-order valence-electron chi connectivity index (χ4n) is 1.46. The van der Waals surface area contributed by atoms with E-state index in [1.54, 1.807) is 0 Å². The van der Waals surface area contributed by atoms with Crippen LogP contribution in [0.3, 0.4) is 0 Å². The fourth-order valence-corrected chi connectivity index (χ4v) is 1.46. The Bertz CT molecular complexity index is 210. The van der Waals surface area contributed by atoms with Crippen LogP contribution in [0.15, 0.2) is 0 Å². The summed E-state index contributed by atoms with van der Waals surface area (Å²) >= 11 is 0. The average Bonchev–Trinajstić information content (AvgIpc) is 2.30. The zero-order chi connectivity index (χ0) is 13.3. The van der Waals surface area contributed by atoms with Crippen LogP contribution in [-0.2, 0) is 9.53 Å². The second-order valence-electron chi connectivity index (χ2n) is 4.60. The molecule has 0 aromatic rings. The Morgan fingerprint density at radius 2 is 1.94 bits per heavy atom. The Kier molecular flexibility index (Phi) is 9.03. The number of carbonyl (C=O) groups is 1. The van der Waals surface area contributed by atoms with Gasteiger partial charge in [0, 0.05) is 19.6 Å². The molecule has 0 rings (SSSR count). The van der Waals surface area contributed by atoms with Crippen molar-refractivity contribution in [2.45, 2.75) is 19.4 Å². The van der Waals surface area contributed by atoms with E-state index in [9.17, 15) is 4.79 Å². The molecule has 0 saturated heterocycles. The second-order valence-corrected chi connectivity index (χ2v) is 4.60. The largest absolute Gasteiger partial charge is 0.468 e. The van der Waals surface area contributed by atoms with Crippen molar-refractivity contribution in [3.8, 4) is 0 Å². The van der Waals surface area contributed by atoms with Gasteiger partial charge in [-0.15, -0.1) is 0 Å². The molecule has 0 spiro atoms. The van der Waals surface area contributed by atoms with Gasteiger partial charge in [-0.2, -0.15) is 0 Å². The van der Waals surface area contributed by atoms with E-state index in [-0.39, 0.29) is 12.0 Å². The second kappa shape index (κ2) is 9.39. The van der Waals surface area contributed by atoms with Gasteiger partial charge in [-0.25, -0.2) is 0 Å². The third-order valence-electron chi connectivity index (χ3n) is 2.55. The Balaban J connectivity index is 4.07. The maximum atomic E-state index is 11.6. The van der Waals surface area contributed by atoms with Crippen molar-refractivity contribution >= 4 is 5.97 Å². The first-order chi connectivity index (χ1) is 8.01. The van der Waals surface area contributed by atoms with E-state index >= 15 is 0 Å². The fraction of sp³-hybridized carbons (Fsp3) is 0.917. The first kappa shape index (κ1) is 16.4. The highest BCUT2D eigenvalue weighted by atomic mass is 16.5. The highest BCUT2D eigenvalue weighted by Gasteiger charge is 2.19. The molecule has 0 fully saturated rings. The van der Waals surface area contributed by atoms with Crippen molar-refractivity contribution in [1.82, 2.24) is 15.1 Å². The molecule has 0 aromatic carbocycles. The molecule has 0 amide bonds. The third-order valence-corrected chi connectivity index (χ3v) is 2.55. The van der Waals surface area contributed by atoms with E-state index in [0.29, 0.717) is 6.54 Å². The third kappa shape index (κ3) is 8.12. The van der Waals surface area contributed by atoms with Crippen molar-refractivity contribution in [2.75, 3.05) is 54.4 Å². The smallest absolute Gasteiger partial charge is 0.324 e. The number of ether oxygens (including phenoxy) is 1. The van der Waals surface area contributed by atoms with Gasteiger partial charge >= 0.3 is 5.97 Å². The highest BCUT2D eigenvalue weighted by molar-refractivity contribution is 5.75. The number of hydrogen-bond donors (Lipinski definition) is 1. The van der Waals surface area contributed by atoms with Gasteiger partial charge < -0.3 is 19.9 Å². The summed E-state index contributed by atoms with van der Waals surface area (Å²) in [5.74, 6) is -0.185. The molecule has 17 heavy (non-hydrogen) atoms. The number of nitrogens with one attached hydrogen (secondary N) is 1. The first-order valence-electron chi connectivity index (χ1n) is 6.15. The summed E-state index contributed by atoms with van der Waals surface area (Å²) in [6.07, 6.45) is 1.01. The molecule has 0 aliphatic rings. The molecule has 0 bridgehead atoms. The summed E-state index contributed by atoms with van der Waals surface area (Å²) < 4.78 is 4.80. The molecular formula is C12H27N3O2. The molecule has 1 unspecified atom stereocenters. The zero-order valence-corrected chi connectivity index (χ0v) is 11.8. The number of hydrogen-bond acceptors (Lipinski definition) is 5. The summed E-state index contributed by atoms with van der Waals surface area (Å²) in [5.41, 5.74) is 0.